The van der Waals surface area contributed by atoms with Crippen LogP contribution >= 0.6 is 11.6 Å². The number of anilines is 1. The first-order chi connectivity index (χ1) is 8.64. The van der Waals surface area contributed by atoms with E-state index in [1.165, 1.54) is 13.4 Å². The van der Waals surface area contributed by atoms with Crippen LogP contribution in [0.1, 0.15) is 12.8 Å². The topological polar surface area (TPSA) is 76.5 Å². The van der Waals surface area contributed by atoms with Crippen LogP contribution in [-0.4, -0.2) is 47.5 Å². The van der Waals surface area contributed by atoms with E-state index in [-0.39, 0.29) is 5.15 Å². The van der Waals surface area contributed by atoms with Crippen molar-refractivity contribution in [2.24, 2.45) is 0 Å². The van der Waals surface area contributed by atoms with Crippen molar-refractivity contribution in [3.8, 4) is 5.75 Å². The number of rotatable bonds is 4. The van der Waals surface area contributed by atoms with Gasteiger partial charge in [0.1, 0.15) is 6.33 Å². The fourth-order valence-corrected chi connectivity index (χ4v) is 2.05. The summed E-state index contributed by atoms with van der Waals surface area (Å²) in [7, 11) is 1.50. The van der Waals surface area contributed by atoms with E-state index in [2.05, 4.69) is 15.3 Å². The van der Waals surface area contributed by atoms with E-state index in [0.717, 1.165) is 0 Å². The lowest BCUT2D eigenvalue weighted by atomic mass is 9.94. The minimum atomic E-state index is -0.777. The van der Waals surface area contributed by atoms with E-state index in [1.54, 1.807) is 0 Å². The fourth-order valence-electron chi connectivity index (χ4n) is 1.84. The zero-order chi connectivity index (χ0) is 13.0. The molecule has 1 aliphatic heterocycles. The van der Waals surface area contributed by atoms with Crippen LogP contribution in [0, 0.1) is 0 Å². The van der Waals surface area contributed by atoms with E-state index >= 15 is 0 Å². The average molecular weight is 274 g/mol. The molecule has 2 heterocycles. The van der Waals surface area contributed by atoms with Gasteiger partial charge >= 0.3 is 0 Å². The maximum absolute atomic E-state index is 10.3. The summed E-state index contributed by atoms with van der Waals surface area (Å²) in [4.78, 5) is 7.88. The molecule has 1 saturated heterocycles. The lowest BCUT2D eigenvalue weighted by Gasteiger charge is -2.32. The van der Waals surface area contributed by atoms with Gasteiger partial charge in [0.2, 0.25) is 0 Å². The third-order valence-electron chi connectivity index (χ3n) is 2.97. The van der Waals surface area contributed by atoms with Crippen molar-refractivity contribution in [1.29, 1.82) is 0 Å². The van der Waals surface area contributed by atoms with Crippen molar-refractivity contribution in [1.82, 2.24) is 9.97 Å². The summed E-state index contributed by atoms with van der Waals surface area (Å²) >= 11 is 5.89. The van der Waals surface area contributed by atoms with Crippen LogP contribution in [-0.2, 0) is 4.74 Å². The summed E-state index contributed by atoms with van der Waals surface area (Å²) in [5.74, 6) is 0.868. The lowest BCUT2D eigenvalue weighted by molar-refractivity contribution is -0.0544. The highest BCUT2D eigenvalue weighted by molar-refractivity contribution is 6.31. The maximum Gasteiger partial charge on any atom is 0.198 e. The van der Waals surface area contributed by atoms with Crippen LogP contribution in [0.2, 0.25) is 5.15 Å². The monoisotopic (exact) mass is 273 g/mol. The third-order valence-corrected chi connectivity index (χ3v) is 3.24. The maximum atomic E-state index is 10.3. The number of halogens is 1. The smallest absolute Gasteiger partial charge is 0.198 e. The normalized spacial score (nSPS) is 18.4. The number of nitrogens with one attached hydrogen (secondary N) is 1. The van der Waals surface area contributed by atoms with Crippen molar-refractivity contribution in [3.05, 3.63) is 11.5 Å². The van der Waals surface area contributed by atoms with Crippen molar-refractivity contribution in [2.45, 2.75) is 18.4 Å². The second kappa shape index (κ2) is 5.69. The van der Waals surface area contributed by atoms with Gasteiger partial charge in [0.15, 0.2) is 16.7 Å². The van der Waals surface area contributed by atoms with Gasteiger partial charge in [-0.1, -0.05) is 11.6 Å². The second-order valence-corrected chi connectivity index (χ2v) is 4.59. The van der Waals surface area contributed by atoms with Crippen molar-refractivity contribution >= 4 is 17.4 Å². The standard InChI is InChI=1S/C11H16ClN3O3/c1-17-8-9(12)14-7-15-10(8)13-6-11(16)2-4-18-5-3-11/h7,16H,2-6H2,1H3,(H,13,14,15). The molecule has 0 aliphatic carbocycles. The van der Waals surface area contributed by atoms with Crippen molar-refractivity contribution in [3.63, 3.8) is 0 Å². The van der Waals surface area contributed by atoms with Crippen molar-refractivity contribution < 1.29 is 14.6 Å². The summed E-state index contributed by atoms with van der Waals surface area (Å²) in [6.45, 7) is 1.51. The molecular weight excluding hydrogens is 258 g/mol. The minimum Gasteiger partial charge on any atom is -0.490 e. The molecule has 0 amide bonds. The van der Waals surface area contributed by atoms with Gasteiger partial charge in [-0.15, -0.1) is 0 Å². The summed E-state index contributed by atoms with van der Waals surface area (Å²) in [5, 5.41) is 13.6. The Morgan fingerprint density at radius 2 is 2.22 bits per heavy atom. The largest absolute Gasteiger partial charge is 0.490 e. The van der Waals surface area contributed by atoms with Crippen LogP contribution in [0.15, 0.2) is 6.33 Å². The molecule has 0 spiro atoms. The zero-order valence-electron chi connectivity index (χ0n) is 10.1. The molecule has 1 aromatic rings. The molecule has 1 fully saturated rings. The molecule has 0 bridgehead atoms. The number of aromatic nitrogens is 2. The molecule has 2 rings (SSSR count). The van der Waals surface area contributed by atoms with Gasteiger partial charge in [0.05, 0.1) is 12.7 Å². The number of hydrogen-bond donors (Lipinski definition) is 2. The predicted octanol–water partition coefficient (Wildman–Crippen LogP) is 1.09. The first-order valence-corrected chi connectivity index (χ1v) is 6.11. The molecule has 1 aliphatic rings. The van der Waals surface area contributed by atoms with Gasteiger partial charge < -0.3 is 19.9 Å². The molecule has 6 nitrogen and oxygen atoms in total. The molecule has 7 heteroatoms. The molecule has 0 atom stereocenters. The van der Waals surface area contributed by atoms with Gasteiger partial charge in [-0.25, -0.2) is 9.97 Å². The van der Waals surface area contributed by atoms with Crippen molar-refractivity contribution in [2.75, 3.05) is 32.2 Å². The number of nitrogens with zero attached hydrogens (tertiary/aromatic N) is 2. The Morgan fingerprint density at radius 3 is 2.89 bits per heavy atom. The average Bonchev–Trinajstić information content (AvgIpc) is 2.37. The summed E-state index contributed by atoms with van der Waals surface area (Å²) < 4.78 is 10.3. The van der Waals surface area contributed by atoms with E-state index in [0.29, 0.717) is 44.2 Å². The Balaban J connectivity index is 2.03. The van der Waals surface area contributed by atoms with Crippen LogP contribution < -0.4 is 10.1 Å². The molecule has 18 heavy (non-hydrogen) atoms. The van der Waals surface area contributed by atoms with Crippen LogP contribution in [0.4, 0.5) is 5.82 Å². The molecule has 0 aromatic carbocycles. The number of hydrogen-bond acceptors (Lipinski definition) is 6. The highest BCUT2D eigenvalue weighted by atomic mass is 35.5. The molecule has 1 aromatic heterocycles. The molecular formula is C11H16ClN3O3. The Bertz CT molecular complexity index is 411. The van der Waals surface area contributed by atoms with E-state index in [4.69, 9.17) is 21.1 Å². The van der Waals surface area contributed by atoms with Gasteiger partial charge in [-0.2, -0.15) is 0 Å². The van der Waals surface area contributed by atoms with Gasteiger partial charge in [0, 0.05) is 32.6 Å². The third kappa shape index (κ3) is 3.01. The first kappa shape index (κ1) is 13.3. The van der Waals surface area contributed by atoms with Crippen LogP contribution in [0.3, 0.4) is 0 Å². The van der Waals surface area contributed by atoms with E-state index in [1.807, 2.05) is 0 Å². The van der Waals surface area contributed by atoms with E-state index < -0.39 is 5.60 Å². The Labute approximate surface area is 110 Å². The van der Waals surface area contributed by atoms with Gasteiger partial charge in [0.25, 0.3) is 0 Å². The van der Waals surface area contributed by atoms with Crippen LogP contribution in [0.5, 0.6) is 5.75 Å². The first-order valence-electron chi connectivity index (χ1n) is 5.73. The van der Waals surface area contributed by atoms with Gasteiger partial charge in [-0.05, 0) is 0 Å². The highest BCUT2D eigenvalue weighted by Gasteiger charge is 2.30. The number of methoxy groups -OCH3 is 1. The fraction of sp³-hybridized carbons (Fsp3) is 0.636. The SMILES string of the molecule is COc1c(Cl)ncnc1NCC1(O)CCOCC1. The highest BCUT2D eigenvalue weighted by Crippen LogP contribution is 2.29. The molecule has 0 saturated carbocycles. The molecule has 100 valence electrons. The second-order valence-electron chi connectivity index (χ2n) is 4.24. The Morgan fingerprint density at radius 1 is 1.50 bits per heavy atom. The summed E-state index contributed by atoms with van der Waals surface area (Å²) in [6, 6.07) is 0. The quantitative estimate of drug-likeness (QED) is 0.800. The number of aliphatic hydroxyl groups is 1. The zero-order valence-corrected chi connectivity index (χ0v) is 10.9. The van der Waals surface area contributed by atoms with Gasteiger partial charge in [-0.3, -0.25) is 0 Å². The van der Waals surface area contributed by atoms with E-state index in [9.17, 15) is 5.11 Å². The molecule has 2 N–H and O–H groups in total. The Hall–Kier alpha value is -1.11. The lowest BCUT2D eigenvalue weighted by Crippen LogP contribution is -2.42. The molecule has 0 unspecified atom stereocenters. The predicted molar refractivity (Wildman–Crippen MR) is 67.1 cm³/mol. The summed E-state index contributed by atoms with van der Waals surface area (Å²) in [5.41, 5.74) is -0.777. The molecule has 0 radical (unpaired) electrons. The number of ether oxygens (including phenoxy) is 2. The minimum absolute atomic E-state index is 0.244. The Kier molecular flexibility index (Phi) is 4.21. The summed E-state index contributed by atoms with van der Waals surface area (Å²) in [6.07, 6.45) is 2.55. The van der Waals surface area contributed by atoms with Crippen LogP contribution in [0.25, 0.3) is 0 Å².